The van der Waals surface area contributed by atoms with Gasteiger partial charge in [0.1, 0.15) is 12.4 Å². The van der Waals surface area contributed by atoms with Gasteiger partial charge in [0.25, 0.3) is 5.91 Å². The minimum atomic E-state index is -0.129. The lowest BCUT2D eigenvalue weighted by atomic mass is 10.1. The van der Waals surface area contributed by atoms with E-state index in [0.717, 1.165) is 40.7 Å². The second-order valence-corrected chi connectivity index (χ2v) is 7.87. The number of hydrogen-bond acceptors (Lipinski definition) is 5. The maximum absolute atomic E-state index is 12.8. The number of para-hydroxylation sites is 1. The summed E-state index contributed by atoms with van der Waals surface area (Å²) in [5, 5.41) is 4.68. The van der Waals surface area contributed by atoms with Gasteiger partial charge >= 0.3 is 0 Å². The van der Waals surface area contributed by atoms with E-state index in [1.54, 1.807) is 11.0 Å². The quantitative estimate of drug-likeness (QED) is 0.603. The summed E-state index contributed by atoms with van der Waals surface area (Å²) in [6.07, 6.45) is 0. The number of carbonyl (C=O) groups excluding carboxylic acids is 1. The first-order chi connectivity index (χ1) is 14.5. The van der Waals surface area contributed by atoms with Crippen molar-refractivity contribution in [2.24, 2.45) is 0 Å². The van der Waals surface area contributed by atoms with E-state index in [0.29, 0.717) is 24.5 Å². The third-order valence-electron chi connectivity index (χ3n) is 5.25. The standard InChI is InChI=1S/C23H24ClN3O3/c1-16-7-8-17(2)22(13-16)29-15-18-14-20(25-30-18)23(28)27-11-9-26(10-12-27)21-6-4-3-5-19(21)24/h3-8,13-14H,9-12,15H2,1-2H3. The Morgan fingerprint density at radius 3 is 2.63 bits per heavy atom. The predicted octanol–water partition coefficient (Wildman–Crippen LogP) is 4.49. The number of nitrogens with zero attached hydrogens (tertiary/aromatic N) is 3. The van der Waals surface area contributed by atoms with Gasteiger partial charge in [-0.1, -0.05) is 41.0 Å². The van der Waals surface area contributed by atoms with Gasteiger partial charge in [-0.2, -0.15) is 0 Å². The Morgan fingerprint density at radius 2 is 1.87 bits per heavy atom. The zero-order valence-electron chi connectivity index (χ0n) is 17.1. The summed E-state index contributed by atoms with van der Waals surface area (Å²) in [5.41, 5.74) is 3.48. The summed E-state index contributed by atoms with van der Waals surface area (Å²) in [6, 6.07) is 15.5. The van der Waals surface area contributed by atoms with Crippen molar-refractivity contribution in [1.29, 1.82) is 0 Å². The Bertz CT molecular complexity index is 1040. The van der Waals surface area contributed by atoms with Gasteiger partial charge in [-0.3, -0.25) is 4.79 Å². The van der Waals surface area contributed by atoms with Crippen molar-refractivity contribution in [3.63, 3.8) is 0 Å². The van der Waals surface area contributed by atoms with Gasteiger partial charge < -0.3 is 19.1 Å². The van der Waals surface area contributed by atoms with Gasteiger partial charge in [0, 0.05) is 32.2 Å². The van der Waals surface area contributed by atoms with E-state index in [-0.39, 0.29) is 12.5 Å². The fourth-order valence-corrected chi connectivity index (χ4v) is 3.77. The van der Waals surface area contributed by atoms with Crippen molar-refractivity contribution in [3.8, 4) is 5.75 Å². The second kappa shape index (κ2) is 8.79. The molecular formula is C23H24ClN3O3. The fraction of sp³-hybridized carbons (Fsp3) is 0.304. The maximum atomic E-state index is 12.8. The molecule has 4 rings (SSSR count). The van der Waals surface area contributed by atoms with Crippen LogP contribution in [-0.2, 0) is 6.61 Å². The molecule has 0 atom stereocenters. The lowest BCUT2D eigenvalue weighted by Crippen LogP contribution is -2.49. The molecule has 0 bridgehead atoms. The number of halogens is 1. The van der Waals surface area contributed by atoms with Crippen LogP contribution in [0, 0.1) is 13.8 Å². The molecule has 2 aromatic carbocycles. The Labute approximate surface area is 181 Å². The molecule has 6 nitrogen and oxygen atoms in total. The molecular weight excluding hydrogens is 402 g/mol. The molecule has 1 aliphatic rings. The SMILES string of the molecule is Cc1ccc(C)c(OCc2cc(C(=O)N3CCN(c4ccccc4Cl)CC3)no2)c1. The first-order valence-electron chi connectivity index (χ1n) is 9.95. The minimum absolute atomic E-state index is 0.129. The number of amides is 1. The van der Waals surface area contributed by atoms with Crippen LogP contribution < -0.4 is 9.64 Å². The molecule has 0 saturated carbocycles. The van der Waals surface area contributed by atoms with Crippen molar-refractivity contribution < 1.29 is 14.1 Å². The van der Waals surface area contributed by atoms with Crippen LogP contribution in [0.1, 0.15) is 27.4 Å². The van der Waals surface area contributed by atoms with E-state index in [4.69, 9.17) is 20.9 Å². The number of carbonyl (C=O) groups is 1. The molecule has 0 N–H and O–H groups in total. The van der Waals surface area contributed by atoms with Gasteiger partial charge in [0.05, 0.1) is 10.7 Å². The Morgan fingerprint density at radius 1 is 1.10 bits per heavy atom. The minimum Gasteiger partial charge on any atom is -0.485 e. The van der Waals surface area contributed by atoms with Crippen molar-refractivity contribution in [2.75, 3.05) is 31.1 Å². The number of aryl methyl sites for hydroxylation is 2. The highest BCUT2D eigenvalue weighted by Crippen LogP contribution is 2.26. The Balaban J connectivity index is 1.34. The molecule has 7 heteroatoms. The van der Waals surface area contributed by atoms with Crippen LogP contribution in [0.15, 0.2) is 53.1 Å². The van der Waals surface area contributed by atoms with Gasteiger partial charge in [-0.25, -0.2) is 0 Å². The van der Waals surface area contributed by atoms with Gasteiger partial charge in [-0.05, 0) is 43.2 Å². The van der Waals surface area contributed by atoms with Gasteiger partial charge in [0.15, 0.2) is 11.5 Å². The molecule has 2 heterocycles. The van der Waals surface area contributed by atoms with Crippen molar-refractivity contribution in [3.05, 3.63) is 76.1 Å². The summed E-state index contributed by atoms with van der Waals surface area (Å²) >= 11 is 6.29. The molecule has 1 aliphatic heterocycles. The molecule has 0 spiro atoms. The van der Waals surface area contributed by atoms with Crippen LogP contribution in [0.3, 0.4) is 0 Å². The molecule has 1 amide bonds. The van der Waals surface area contributed by atoms with Crippen LogP contribution in [0.2, 0.25) is 5.02 Å². The van der Waals surface area contributed by atoms with Gasteiger partial charge in [0.2, 0.25) is 0 Å². The van der Waals surface area contributed by atoms with Crippen LogP contribution >= 0.6 is 11.6 Å². The number of aromatic nitrogens is 1. The zero-order valence-corrected chi connectivity index (χ0v) is 17.9. The lowest BCUT2D eigenvalue weighted by Gasteiger charge is -2.36. The molecule has 1 saturated heterocycles. The topological polar surface area (TPSA) is 58.8 Å². The van der Waals surface area contributed by atoms with E-state index in [1.165, 1.54) is 0 Å². The number of benzene rings is 2. The largest absolute Gasteiger partial charge is 0.485 e. The highest BCUT2D eigenvalue weighted by atomic mass is 35.5. The summed E-state index contributed by atoms with van der Waals surface area (Å²) in [5.74, 6) is 1.19. The van der Waals surface area contributed by atoms with Gasteiger partial charge in [-0.15, -0.1) is 0 Å². The fourth-order valence-electron chi connectivity index (χ4n) is 3.51. The molecule has 0 aliphatic carbocycles. The Hall–Kier alpha value is -2.99. The summed E-state index contributed by atoms with van der Waals surface area (Å²) in [6.45, 7) is 6.88. The lowest BCUT2D eigenvalue weighted by molar-refractivity contribution is 0.0736. The Kier molecular flexibility index (Phi) is 5.95. The molecule has 1 aromatic heterocycles. The average Bonchev–Trinajstić information content (AvgIpc) is 3.23. The van der Waals surface area contributed by atoms with E-state index in [9.17, 15) is 4.79 Å². The normalized spacial score (nSPS) is 14.1. The zero-order chi connectivity index (χ0) is 21.1. The van der Waals surface area contributed by atoms with E-state index in [2.05, 4.69) is 10.1 Å². The van der Waals surface area contributed by atoms with Crippen molar-refractivity contribution >= 4 is 23.2 Å². The van der Waals surface area contributed by atoms with Crippen LogP contribution in [0.25, 0.3) is 0 Å². The van der Waals surface area contributed by atoms with E-state index >= 15 is 0 Å². The number of ether oxygens (including phenoxy) is 1. The number of piperazine rings is 1. The molecule has 1 fully saturated rings. The maximum Gasteiger partial charge on any atom is 0.276 e. The highest BCUT2D eigenvalue weighted by molar-refractivity contribution is 6.33. The average molecular weight is 426 g/mol. The first kappa shape index (κ1) is 20.3. The third kappa shape index (κ3) is 4.44. The number of hydrogen-bond donors (Lipinski definition) is 0. The van der Waals surface area contributed by atoms with E-state index < -0.39 is 0 Å². The monoisotopic (exact) mass is 425 g/mol. The molecule has 30 heavy (non-hydrogen) atoms. The van der Waals surface area contributed by atoms with Crippen LogP contribution in [0.4, 0.5) is 5.69 Å². The summed E-state index contributed by atoms with van der Waals surface area (Å²) in [7, 11) is 0. The predicted molar refractivity (Wildman–Crippen MR) is 116 cm³/mol. The van der Waals surface area contributed by atoms with E-state index in [1.807, 2.05) is 56.3 Å². The summed E-state index contributed by atoms with van der Waals surface area (Å²) < 4.78 is 11.2. The van der Waals surface area contributed by atoms with Crippen molar-refractivity contribution in [2.45, 2.75) is 20.5 Å². The number of rotatable bonds is 5. The highest BCUT2D eigenvalue weighted by Gasteiger charge is 2.25. The molecule has 0 radical (unpaired) electrons. The molecule has 3 aromatic rings. The number of anilines is 1. The molecule has 0 unspecified atom stereocenters. The third-order valence-corrected chi connectivity index (χ3v) is 5.57. The van der Waals surface area contributed by atoms with Crippen molar-refractivity contribution in [1.82, 2.24) is 10.1 Å². The summed E-state index contributed by atoms with van der Waals surface area (Å²) in [4.78, 5) is 16.8. The van der Waals surface area contributed by atoms with Crippen LogP contribution in [-0.4, -0.2) is 42.1 Å². The first-order valence-corrected chi connectivity index (χ1v) is 10.3. The van der Waals surface area contributed by atoms with Crippen LogP contribution in [0.5, 0.6) is 5.75 Å². The smallest absolute Gasteiger partial charge is 0.276 e. The molecule has 156 valence electrons. The second-order valence-electron chi connectivity index (χ2n) is 7.47.